The van der Waals surface area contributed by atoms with Gasteiger partial charge in [0.15, 0.2) is 5.82 Å². The Kier molecular flexibility index (Phi) is 4.27. The van der Waals surface area contributed by atoms with Gasteiger partial charge in [0.2, 0.25) is 5.89 Å². The molecule has 1 aromatic heterocycles. The number of benzene rings is 1. The van der Waals surface area contributed by atoms with Crippen LogP contribution in [-0.2, 0) is 11.2 Å². The molecule has 1 aromatic carbocycles. The largest absolute Gasteiger partial charge is 0.339 e. The Morgan fingerprint density at radius 1 is 1.30 bits per heavy atom. The Morgan fingerprint density at radius 2 is 1.95 bits per heavy atom. The van der Waals surface area contributed by atoms with Gasteiger partial charge in [-0.15, -0.1) is 0 Å². The first kappa shape index (κ1) is 14.4. The number of hydrogen-bond donors (Lipinski definition) is 0. The van der Waals surface area contributed by atoms with Crippen LogP contribution in [0.3, 0.4) is 0 Å². The highest BCUT2D eigenvalue weighted by molar-refractivity contribution is 5.82. The Balaban J connectivity index is 2.16. The van der Waals surface area contributed by atoms with E-state index in [9.17, 15) is 9.18 Å². The van der Waals surface area contributed by atoms with Crippen molar-refractivity contribution in [3.8, 4) is 0 Å². The van der Waals surface area contributed by atoms with Gasteiger partial charge in [0.05, 0.1) is 5.92 Å². The van der Waals surface area contributed by atoms with E-state index in [1.807, 2.05) is 13.8 Å². The molecule has 0 amide bonds. The van der Waals surface area contributed by atoms with Crippen molar-refractivity contribution in [3.63, 3.8) is 0 Å². The third-order valence-electron chi connectivity index (χ3n) is 3.13. The Morgan fingerprint density at radius 3 is 2.50 bits per heavy atom. The first-order valence-electron chi connectivity index (χ1n) is 6.54. The predicted octanol–water partition coefficient (Wildman–Crippen LogP) is 3.13. The van der Waals surface area contributed by atoms with Crippen molar-refractivity contribution in [2.45, 2.75) is 33.1 Å². The van der Waals surface area contributed by atoms with Crippen molar-refractivity contribution >= 4 is 5.78 Å². The molecule has 20 heavy (non-hydrogen) atoms. The molecule has 0 radical (unpaired) electrons. The van der Waals surface area contributed by atoms with Gasteiger partial charge in [-0.1, -0.05) is 31.1 Å². The third kappa shape index (κ3) is 3.29. The molecule has 0 aliphatic rings. The maximum Gasteiger partial charge on any atom is 0.237 e. The van der Waals surface area contributed by atoms with Crippen LogP contribution in [0.5, 0.6) is 0 Å². The quantitative estimate of drug-likeness (QED) is 0.842. The van der Waals surface area contributed by atoms with E-state index >= 15 is 0 Å². The minimum atomic E-state index is -0.371. The molecule has 0 fully saturated rings. The summed E-state index contributed by atoms with van der Waals surface area (Å²) < 4.78 is 18.0. The van der Waals surface area contributed by atoms with E-state index in [2.05, 4.69) is 10.1 Å². The van der Waals surface area contributed by atoms with Crippen LogP contribution < -0.4 is 0 Å². The number of aromatic nitrogens is 2. The van der Waals surface area contributed by atoms with Crippen LogP contribution in [-0.4, -0.2) is 15.9 Å². The molecule has 4 nitrogen and oxygen atoms in total. The lowest BCUT2D eigenvalue weighted by atomic mass is 9.92. The summed E-state index contributed by atoms with van der Waals surface area (Å²) in [5, 5.41) is 3.89. The van der Waals surface area contributed by atoms with Gasteiger partial charge in [0.25, 0.3) is 0 Å². The summed E-state index contributed by atoms with van der Waals surface area (Å²) in [6.45, 7) is 5.40. The molecule has 0 aliphatic heterocycles. The van der Waals surface area contributed by atoms with Gasteiger partial charge in [-0.2, -0.15) is 4.98 Å². The summed E-state index contributed by atoms with van der Waals surface area (Å²) >= 11 is 0. The van der Waals surface area contributed by atoms with Crippen LogP contribution in [0.2, 0.25) is 0 Å². The lowest BCUT2D eigenvalue weighted by molar-refractivity contribution is -0.119. The van der Waals surface area contributed by atoms with Crippen LogP contribution >= 0.6 is 0 Å². The normalized spacial score (nSPS) is 12.7. The molecule has 0 spiro atoms. The average Bonchev–Trinajstić information content (AvgIpc) is 2.79. The van der Waals surface area contributed by atoms with Crippen molar-refractivity contribution in [1.29, 1.82) is 0 Å². The van der Waals surface area contributed by atoms with Gasteiger partial charge in [-0.3, -0.25) is 4.79 Å². The number of Topliss-reactive ketones (excluding diaryl/α,β-unsaturated/α-hetero) is 1. The Hall–Kier alpha value is -2.04. The molecule has 0 aliphatic carbocycles. The van der Waals surface area contributed by atoms with Gasteiger partial charge >= 0.3 is 0 Å². The standard InChI is InChI=1S/C15H17FN2O2/c1-9(2)14(10(3)19)15-17-13(18-20-15)8-11-4-6-12(16)7-5-11/h4-7,9,14H,8H2,1-3H3. The van der Waals surface area contributed by atoms with Crippen LogP contribution in [0.15, 0.2) is 28.8 Å². The lowest BCUT2D eigenvalue weighted by Crippen LogP contribution is -2.15. The topological polar surface area (TPSA) is 56.0 Å². The fraction of sp³-hybridized carbons (Fsp3) is 0.400. The minimum absolute atomic E-state index is 0.0111. The van der Waals surface area contributed by atoms with E-state index in [1.165, 1.54) is 19.1 Å². The molecule has 0 saturated carbocycles. The second kappa shape index (κ2) is 5.94. The molecular weight excluding hydrogens is 259 g/mol. The second-order valence-electron chi connectivity index (χ2n) is 5.18. The van der Waals surface area contributed by atoms with Crippen molar-refractivity contribution < 1.29 is 13.7 Å². The fourth-order valence-electron chi connectivity index (χ4n) is 2.18. The first-order chi connectivity index (χ1) is 9.47. The molecule has 106 valence electrons. The SMILES string of the molecule is CC(=O)C(c1nc(Cc2ccc(F)cc2)no1)C(C)C. The van der Waals surface area contributed by atoms with Gasteiger partial charge in [0, 0.05) is 6.42 Å². The van der Waals surface area contributed by atoms with Crippen LogP contribution in [0, 0.1) is 11.7 Å². The summed E-state index contributed by atoms with van der Waals surface area (Å²) in [5.41, 5.74) is 0.891. The van der Waals surface area contributed by atoms with Crippen molar-refractivity contribution in [3.05, 3.63) is 47.4 Å². The van der Waals surface area contributed by atoms with Gasteiger partial charge < -0.3 is 4.52 Å². The van der Waals surface area contributed by atoms with Crippen molar-refractivity contribution in [1.82, 2.24) is 10.1 Å². The summed E-state index contributed by atoms with van der Waals surface area (Å²) in [7, 11) is 0. The van der Waals surface area contributed by atoms with E-state index < -0.39 is 0 Å². The number of halogens is 1. The molecule has 2 rings (SSSR count). The summed E-state index contributed by atoms with van der Waals surface area (Å²) in [6.07, 6.45) is 0.451. The molecule has 0 saturated heterocycles. The maximum atomic E-state index is 12.8. The average molecular weight is 276 g/mol. The monoisotopic (exact) mass is 276 g/mol. The van der Waals surface area contributed by atoms with Gasteiger partial charge in [0.1, 0.15) is 11.6 Å². The zero-order valence-electron chi connectivity index (χ0n) is 11.8. The van der Waals surface area contributed by atoms with Gasteiger partial charge in [-0.25, -0.2) is 4.39 Å². The summed E-state index contributed by atoms with van der Waals surface area (Å²) in [6, 6.07) is 6.14. The second-order valence-corrected chi connectivity index (χ2v) is 5.18. The van der Waals surface area contributed by atoms with E-state index in [-0.39, 0.29) is 23.4 Å². The Bertz CT molecular complexity index is 590. The number of carbonyl (C=O) groups excluding carboxylic acids is 1. The number of hydrogen-bond acceptors (Lipinski definition) is 4. The highest BCUT2D eigenvalue weighted by Gasteiger charge is 2.26. The number of carbonyl (C=O) groups is 1. The van der Waals surface area contributed by atoms with Crippen LogP contribution in [0.4, 0.5) is 4.39 Å². The molecule has 2 aromatic rings. The Labute approximate surface area is 117 Å². The highest BCUT2D eigenvalue weighted by atomic mass is 19.1. The zero-order valence-corrected chi connectivity index (χ0v) is 11.8. The molecule has 0 N–H and O–H groups in total. The van der Waals surface area contributed by atoms with E-state index in [0.29, 0.717) is 18.1 Å². The van der Waals surface area contributed by atoms with E-state index in [1.54, 1.807) is 12.1 Å². The summed E-state index contributed by atoms with van der Waals surface area (Å²) in [4.78, 5) is 15.9. The van der Waals surface area contributed by atoms with Gasteiger partial charge in [-0.05, 0) is 30.5 Å². The number of rotatable bonds is 5. The van der Waals surface area contributed by atoms with Crippen molar-refractivity contribution in [2.24, 2.45) is 5.92 Å². The molecular formula is C15H17FN2O2. The van der Waals surface area contributed by atoms with E-state index in [4.69, 9.17) is 4.52 Å². The van der Waals surface area contributed by atoms with Crippen LogP contribution in [0.1, 0.15) is 44.0 Å². The molecule has 1 unspecified atom stereocenters. The zero-order chi connectivity index (χ0) is 14.7. The maximum absolute atomic E-state index is 12.8. The fourth-order valence-corrected chi connectivity index (χ4v) is 2.18. The lowest BCUT2D eigenvalue weighted by Gasteiger charge is -2.12. The van der Waals surface area contributed by atoms with Crippen LogP contribution in [0.25, 0.3) is 0 Å². The first-order valence-corrected chi connectivity index (χ1v) is 6.54. The third-order valence-corrected chi connectivity index (χ3v) is 3.13. The molecule has 5 heteroatoms. The highest BCUT2D eigenvalue weighted by Crippen LogP contribution is 2.24. The molecule has 1 atom stereocenters. The summed E-state index contributed by atoms with van der Waals surface area (Å²) in [5.74, 6) is 0.315. The number of ketones is 1. The number of nitrogens with zero attached hydrogens (tertiary/aromatic N) is 2. The van der Waals surface area contributed by atoms with Crippen molar-refractivity contribution in [2.75, 3.05) is 0 Å². The molecule has 0 bridgehead atoms. The predicted molar refractivity (Wildman–Crippen MR) is 71.8 cm³/mol. The minimum Gasteiger partial charge on any atom is -0.339 e. The molecule has 1 heterocycles. The smallest absolute Gasteiger partial charge is 0.237 e. The van der Waals surface area contributed by atoms with E-state index in [0.717, 1.165) is 5.56 Å².